The van der Waals surface area contributed by atoms with Crippen molar-refractivity contribution in [3.8, 4) is 0 Å². The second kappa shape index (κ2) is 3.95. The van der Waals surface area contributed by atoms with Gasteiger partial charge in [0, 0.05) is 5.92 Å². The topological polar surface area (TPSA) is 18.5 Å². The van der Waals surface area contributed by atoms with Gasteiger partial charge in [0.2, 0.25) is 0 Å². The average Bonchev–Trinajstić information content (AvgIpc) is 2.61. The van der Waals surface area contributed by atoms with E-state index in [1.165, 1.54) is 0 Å². The highest BCUT2D eigenvalue weighted by Gasteiger charge is 2.34. The standard InChI is InChI=1S/C12H14O2/c1-3-11-9(2)12(14-13-11)10-7-5-4-6-8-10/h3-9,11-12H,1H2,2H3/t9-,11+,12+/m0/s1. The van der Waals surface area contributed by atoms with Crippen LogP contribution < -0.4 is 0 Å². The zero-order valence-corrected chi connectivity index (χ0v) is 8.22. The van der Waals surface area contributed by atoms with Crippen LogP contribution in [0.3, 0.4) is 0 Å². The van der Waals surface area contributed by atoms with E-state index in [1.54, 1.807) is 6.08 Å². The van der Waals surface area contributed by atoms with E-state index in [0.717, 1.165) is 5.56 Å². The van der Waals surface area contributed by atoms with Crippen LogP contribution in [0.5, 0.6) is 0 Å². The highest BCUT2D eigenvalue weighted by molar-refractivity contribution is 5.19. The Morgan fingerprint density at radius 2 is 1.93 bits per heavy atom. The van der Waals surface area contributed by atoms with Crippen molar-refractivity contribution < 1.29 is 9.78 Å². The molecule has 1 aliphatic rings. The SMILES string of the molecule is C=C[C@H]1OO[C@@H](c2ccccc2)[C@H]1C. The van der Waals surface area contributed by atoms with Crippen LogP contribution in [0, 0.1) is 5.92 Å². The maximum Gasteiger partial charge on any atom is 0.123 e. The van der Waals surface area contributed by atoms with Crippen molar-refractivity contribution in [1.29, 1.82) is 0 Å². The molecule has 1 aliphatic heterocycles. The minimum absolute atomic E-state index is 0.000191. The molecule has 1 aromatic carbocycles. The van der Waals surface area contributed by atoms with Crippen LogP contribution >= 0.6 is 0 Å². The molecule has 2 rings (SSSR count). The molecule has 74 valence electrons. The van der Waals surface area contributed by atoms with Gasteiger partial charge in [0.05, 0.1) is 0 Å². The lowest BCUT2D eigenvalue weighted by Gasteiger charge is -2.12. The molecule has 0 bridgehead atoms. The molecule has 0 amide bonds. The first-order valence-electron chi connectivity index (χ1n) is 4.82. The highest BCUT2D eigenvalue weighted by Crippen LogP contribution is 2.36. The Bertz CT molecular complexity index is 307. The molecular weight excluding hydrogens is 176 g/mol. The number of hydrogen-bond donors (Lipinski definition) is 0. The summed E-state index contributed by atoms with van der Waals surface area (Å²) in [6.07, 6.45) is 1.81. The summed E-state index contributed by atoms with van der Waals surface area (Å²) in [6.45, 7) is 5.82. The molecule has 0 N–H and O–H groups in total. The largest absolute Gasteiger partial charge is 0.228 e. The van der Waals surface area contributed by atoms with Crippen LogP contribution in [0.25, 0.3) is 0 Å². The zero-order chi connectivity index (χ0) is 9.97. The third kappa shape index (κ3) is 1.59. The van der Waals surface area contributed by atoms with E-state index in [9.17, 15) is 0 Å². The summed E-state index contributed by atoms with van der Waals surface area (Å²) in [7, 11) is 0. The summed E-state index contributed by atoms with van der Waals surface area (Å²) >= 11 is 0. The normalized spacial score (nSPS) is 31.6. The quantitative estimate of drug-likeness (QED) is 0.527. The van der Waals surface area contributed by atoms with Crippen molar-refractivity contribution >= 4 is 0 Å². The lowest BCUT2D eigenvalue weighted by Crippen LogP contribution is -2.13. The third-order valence-electron chi connectivity index (χ3n) is 2.63. The van der Waals surface area contributed by atoms with Gasteiger partial charge in [0.25, 0.3) is 0 Å². The Labute approximate surface area is 84.1 Å². The van der Waals surface area contributed by atoms with E-state index in [1.807, 2.05) is 18.2 Å². The Morgan fingerprint density at radius 1 is 1.21 bits per heavy atom. The highest BCUT2D eigenvalue weighted by atomic mass is 17.2. The molecule has 3 atom stereocenters. The molecule has 0 aromatic heterocycles. The maximum atomic E-state index is 5.28. The van der Waals surface area contributed by atoms with Gasteiger partial charge >= 0.3 is 0 Å². The van der Waals surface area contributed by atoms with E-state index in [2.05, 4.69) is 25.6 Å². The maximum absolute atomic E-state index is 5.28. The van der Waals surface area contributed by atoms with Gasteiger partial charge < -0.3 is 0 Å². The van der Waals surface area contributed by atoms with Gasteiger partial charge in [-0.05, 0) is 5.56 Å². The van der Waals surface area contributed by atoms with Gasteiger partial charge in [-0.3, -0.25) is 0 Å². The Balaban J connectivity index is 2.18. The summed E-state index contributed by atoms with van der Waals surface area (Å²) in [6, 6.07) is 10.1. The molecule has 1 heterocycles. The van der Waals surface area contributed by atoms with Crippen molar-refractivity contribution in [2.24, 2.45) is 5.92 Å². The fourth-order valence-corrected chi connectivity index (χ4v) is 1.73. The molecule has 14 heavy (non-hydrogen) atoms. The van der Waals surface area contributed by atoms with Crippen molar-refractivity contribution in [3.05, 3.63) is 48.6 Å². The fourth-order valence-electron chi connectivity index (χ4n) is 1.73. The van der Waals surface area contributed by atoms with E-state index in [-0.39, 0.29) is 12.2 Å². The van der Waals surface area contributed by atoms with Gasteiger partial charge in [-0.2, -0.15) is 0 Å². The van der Waals surface area contributed by atoms with Crippen LogP contribution in [0.2, 0.25) is 0 Å². The van der Waals surface area contributed by atoms with E-state index < -0.39 is 0 Å². The Morgan fingerprint density at radius 3 is 2.50 bits per heavy atom. The number of hydrogen-bond acceptors (Lipinski definition) is 2. The van der Waals surface area contributed by atoms with Crippen LogP contribution in [-0.4, -0.2) is 6.10 Å². The van der Waals surface area contributed by atoms with Gasteiger partial charge in [0.15, 0.2) is 0 Å². The lowest BCUT2D eigenvalue weighted by atomic mass is 9.93. The zero-order valence-electron chi connectivity index (χ0n) is 8.22. The molecule has 1 fully saturated rings. The smallest absolute Gasteiger partial charge is 0.123 e. The predicted molar refractivity (Wildman–Crippen MR) is 54.5 cm³/mol. The molecule has 0 unspecified atom stereocenters. The molecule has 0 radical (unpaired) electrons. The minimum atomic E-state index is 0.000191. The molecule has 2 nitrogen and oxygen atoms in total. The average molecular weight is 190 g/mol. The van der Waals surface area contributed by atoms with Gasteiger partial charge in [0.1, 0.15) is 12.2 Å². The van der Waals surface area contributed by atoms with E-state index in [0.29, 0.717) is 5.92 Å². The van der Waals surface area contributed by atoms with E-state index >= 15 is 0 Å². The molecule has 0 aliphatic carbocycles. The van der Waals surface area contributed by atoms with Crippen LogP contribution in [0.1, 0.15) is 18.6 Å². The van der Waals surface area contributed by atoms with Gasteiger partial charge in [-0.1, -0.05) is 43.3 Å². The first kappa shape index (κ1) is 9.44. The fraction of sp³-hybridized carbons (Fsp3) is 0.333. The first-order chi connectivity index (χ1) is 6.83. The predicted octanol–water partition coefficient (Wildman–Crippen LogP) is 2.88. The summed E-state index contributed by atoms with van der Waals surface area (Å²) < 4.78 is 0. The monoisotopic (exact) mass is 190 g/mol. The molecule has 1 aromatic rings. The summed E-state index contributed by atoms with van der Waals surface area (Å²) in [5.74, 6) is 0.315. The van der Waals surface area contributed by atoms with Crippen LogP contribution in [0.15, 0.2) is 43.0 Å². The number of rotatable bonds is 2. The Hall–Kier alpha value is -1.12. The minimum Gasteiger partial charge on any atom is -0.228 e. The van der Waals surface area contributed by atoms with Crippen molar-refractivity contribution in [1.82, 2.24) is 0 Å². The lowest BCUT2D eigenvalue weighted by molar-refractivity contribution is -0.290. The van der Waals surface area contributed by atoms with Crippen molar-refractivity contribution in [2.75, 3.05) is 0 Å². The van der Waals surface area contributed by atoms with Gasteiger partial charge in [-0.25, -0.2) is 9.78 Å². The summed E-state index contributed by atoms with van der Waals surface area (Å²) in [5.41, 5.74) is 1.16. The van der Waals surface area contributed by atoms with Crippen molar-refractivity contribution in [3.63, 3.8) is 0 Å². The molecule has 2 heteroatoms. The number of benzene rings is 1. The van der Waals surface area contributed by atoms with E-state index in [4.69, 9.17) is 9.78 Å². The molecule has 0 saturated carbocycles. The summed E-state index contributed by atoms with van der Waals surface area (Å²) in [5, 5.41) is 0. The van der Waals surface area contributed by atoms with Crippen molar-refractivity contribution in [2.45, 2.75) is 19.1 Å². The van der Waals surface area contributed by atoms with Gasteiger partial charge in [-0.15, -0.1) is 6.58 Å². The molecular formula is C12H14O2. The second-order valence-corrected chi connectivity index (χ2v) is 3.58. The third-order valence-corrected chi connectivity index (χ3v) is 2.63. The molecule has 0 spiro atoms. The van der Waals surface area contributed by atoms with Crippen LogP contribution in [-0.2, 0) is 9.78 Å². The second-order valence-electron chi connectivity index (χ2n) is 3.58. The summed E-state index contributed by atoms with van der Waals surface area (Å²) in [4.78, 5) is 10.4. The van der Waals surface area contributed by atoms with Crippen LogP contribution in [0.4, 0.5) is 0 Å². The Kier molecular flexibility index (Phi) is 2.66. The first-order valence-corrected chi connectivity index (χ1v) is 4.82. The molecule has 1 saturated heterocycles.